The zero-order valence-corrected chi connectivity index (χ0v) is 14.6. The number of ether oxygens (including phenoxy) is 1. The molecule has 2 rings (SSSR count). The number of esters is 1. The van der Waals surface area contributed by atoms with Crippen LogP contribution in [-0.4, -0.2) is 35.9 Å². The molecule has 0 N–H and O–H groups in total. The van der Waals surface area contributed by atoms with Crippen molar-refractivity contribution >= 4 is 34.6 Å². The van der Waals surface area contributed by atoms with Crippen molar-refractivity contribution in [2.45, 2.75) is 26.7 Å². The lowest BCUT2D eigenvalue weighted by Crippen LogP contribution is -2.21. The van der Waals surface area contributed by atoms with Crippen molar-refractivity contribution in [1.29, 1.82) is 0 Å². The Hall–Kier alpha value is -1.73. The van der Waals surface area contributed by atoms with E-state index in [9.17, 15) is 9.59 Å². The number of thiophene rings is 1. The van der Waals surface area contributed by atoms with Crippen LogP contribution in [0.5, 0.6) is 5.06 Å². The van der Waals surface area contributed by atoms with Crippen molar-refractivity contribution in [2.75, 3.05) is 14.1 Å². The molecule has 1 amide bonds. The SMILES string of the molecule is CC(=O)Oc1sc(CCc2csc(C(=O)N(C)C)n2)cc1C. The van der Waals surface area contributed by atoms with Crippen molar-refractivity contribution in [1.82, 2.24) is 9.88 Å². The smallest absolute Gasteiger partial charge is 0.308 e. The number of amides is 1. The van der Waals surface area contributed by atoms with Crippen molar-refractivity contribution in [2.24, 2.45) is 0 Å². The Kier molecular flexibility index (Phi) is 5.31. The van der Waals surface area contributed by atoms with Crippen molar-refractivity contribution in [3.8, 4) is 5.06 Å². The van der Waals surface area contributed by atoms with E-state index in [1.807, 2.05) is 18.4 Å². The molecule has 0 unspecified atom stereocenters. The summed E-state index contributed by atoms with van der Waals surface area (Å²) < 4.78 is 5.16. The number of thiazole rings is 1. The van der Waals surface area contributed by atoms with Crippen LogP contribution in [-0.2, 0) is 17.6 Å². The van der Waals surface area contributed by atoms with Gasteiger partial charge >= 0.3 is 5.97 Å². The normalized spacial score (nSPS) is 10.5. The first kappa shape index (κ1) is 16.6. The van der Waals surface area contributed by atoms with E-state index < -0.39 is 0 Å². The van der Waals surface area contributed by atoms with E-state index in [1.165, 1.54) is 34.5 Å². The van der Waals surface area contributed by atoms with E-state index in [0.717, 1.165) is 29.0 Å². The number of aryl methyl sites for hydroxylation is 3. The van der Waals surface area contributed by atoms with Crippen LogP contribution in [0, 0.1) is 6.92 Å². The summed E-state index contributed by atoms with van der Waals surface area (Å²) in [6, 6.07) is 2.03. The fourth-order valence-electron chi connectivity index (χ4n) is 1.85. The molecule has 0 aliphatic carbocycles. The molecule has 118 valence electrons. The maximum atomic E-state index is 11.8. The lowest BCUT2D eigenvalue weighted by Gasteiger charge is -2.06. The van der Waals surface area contributed by atoms with E-state index in [0.29, 0.717) is 10.1 Å². The second-order valence-electron chi connectivity index (χ2n) is 5.12. The fourth-order valence-corrected chi connectivity index (χ4v) is 3.78. The van der Waals surface area contributed by atoms with Gasteiger partial charge in [0.05, 0.1) is 5.69 Å². The molecular formula is C15H18N2O3S2. The van der Waals surface area contributed by atoms with Crippen LogP contribution in [0.15, 0.2) is 11.4 Å². The van der Waals surface area contributed by atoms with E-state index in [1.54, 1.807) is 14.1 Å². The van der Waals surface area contributed by atoms with Gasteiger partial charge in [-0.15, -0.1) is 22.7 Å². The topological polar surface area (TPSA) is 59.5 Å². The Morgan fingerprint density at radius 1 is 1.32 bits per heavy atom. The average Bonchev–Trinajstić information content (AvgIpc) is 3.03. The molecule has 0 fully saturated rings. The second-order valence-corrected chi connectivity index (χ2v) is 7.08. The molecular weight excluding hydrogens is 320 g/mol. The first-order chi connectivity index (χ1) is 10.4. The van der Waals surface area contributed by atoms with Gasteiger partial charge in [0.2, 0.25) is 0 Å². The molecule has 0 aromatic carbocycles. The zero-order chi connectivity index (χ0) is 16.3. The molecule has 5 nitrogen and oxygen atoms in total. The van der Waals surface area contributed by atoms with Crippen LogP contribution in [0.25, 0.3) is 0 Å². The van der Waals surface area contributed by atoms with Gasteiger partial charge in [-0.25, -0.2) is 4.98 Å². The first-order valence-corrected chi connectivity index (χ1v) is 8.50. The monoisotopic (exact) mass is 338 g/mol. The Morgan fingerprint density at radius 2 is 2.05 bits per heavy atom. The number of rotatable bonds is 5. The van der Waals surface area contributed by atoms with Gasteiger partial charge in [0.25, 0.3) is 5.91 Å². The highest BCUT2D eigenvalue weighted by Crippen LogP contribution is 2.31. The lowest BCUT2D eigenvalue weighted by molar-refractivity contribution is -0.131. The third-order valence-corrected chi connectivity index (χ3v) is 4.98. The quantitative estimate of drug-likeness (QED) is 0.787. The number of hydrogen-bond acceptors (Lipinski definition) is 6. The third-order valence-electron chi connectivity index (χ3n) is 2.93. The van der Waals surface area contributed by atoms with Crippen LogP contribution >= 0.6 is 22.7 Å². The Labute approximate surface area is 137 Å². The molecule has 2 aromatic rings. The van der Waals surface area contributed by atoms with E-state index in [-0.39, 0.29) is 11.9 Å². The molecule has 2 heterocycles. The minimum Gasteiger partial charge on any atom is -0.415 e. The summed E-state index contributed by atoms with van der Waals surface area (Å²) in [5, 5.41) is 3.09. The summed E-state index contributed by atoms with van der Waals surface area (Å²) in [5.74, 6) is -0.372. The molecule has 0 spiro atoms. The van der Waals surface area contributed by atoms with Gasteiger partial charge in [-0.2, -0.15) is 0 Å². The maximum absolute atomic E-state index is 11.8. The number of carbonyl (C=O) groups excluding carboxylic acids is 2. The Balaban J connectivity index is 1.99. The number of hydrogen-bond donors (Lipinski definition) is 0. The molecule has 2 aromatic heterocycles. The van der Waals surface area contributed by atoms with Gasteiger partial charge in [0.1, 0.15) is 0 Å². The van der Waals surface area contributed by atoms with Gasteiger partial charge in [-0.05, 0) is 25.8 Å². The zero-order valence-electron chi connectivity index (χ0n) is 13.0. The standard InChI is InChI=1S/C15H18N2O3S2/c1-9-7-12(22-15(9)20-10(2)18)6-5-11-8-21-13(16-11)14(19)17(3)4/h7-8H,5-6H2,1-4H3. The van der Waals surface area contributed by atoms with E-state index in [2.05, 4.69) is 4.98 Å². The first-order valence-electron chi connectivity index (χ1n) is 6.80. The molecule has 0 aliphatic rings. The average molecular weight is 338 g/mol. The number of aromatic nitrogens is 1. The van der Waals surface area contributed by atoms with Crippen molar-refractivity contribution in [3.63, 3.8) is 0 Å². The lowest BCUT2D eigenvalue weighted by atomic mass is 10.2. The summed E-state index contributed by atoms with van der Waals surface area (Å²) in [4.78, 5) is 29.9. The highest BCUT2D eigenvalue weighted by atomic mass is 32.1. The molecule has 0 saturated heterocycles. The highest BCUT2D eigenvalue weighted by Gasteiger charge is 2.14. The second kappa shape index (κ2) is 7.02. The predicted octanol–water partition coefficient (Wildman–Crippen LogP) is 2.93. The summed E-state index contributed by atoms with van der Waals surface area (Å²) in [6.07, 6.45) is 1.57. The number of carbonyl (C=O) groups is 2. The Morgan fingerprint density at radius 3 is 2.68 bits per heavy atom. The van der Waals surface area contributed by atoms with Crippen molar-refractivity contribution in [3.05, 3.63) is 32.6 Å². The minimum atomic E-state index is -0.303. The van der Waals surface area contributed by atoms with E-state index in [4.69, 9.17) is 4.74 Å². The van der Waals surface area contributed by atoms with Crippen LogP contribution in [0.1, 0.15) is 32.9 Å². The molecule has 0 radical (unpaired) electrons. The van der Waals surface area contributed by atoms with Gasteiger partial charge in [-0.1, -0.05) is 0 Å². The summed E-state index contributed by atoms with van der Waals surface area (Å²) in [5.41, 5.74) is 1.88. The van der Waals surface area contributed by atoms with Crippen LogP contribution in [0.4, 0.5) is 0 Å². The Bertz CT molecular complexity index is 689. The van der Waals surface area contributed by atoms with Crippen LogP contribution in [0.3, 0.4) is 0 Å². The van der Waals surface area contributed by atoms with Crippen LogP contribution < -0.4 is 4.74 Å². The summed E-state index contributed by atoms with van der Waals surface area (Å²) >= 11 is 2.85. The molecule has 0 atom stereocenters. The number of nitrogens with zero attached hydrogens (tertiary/aromatic N) is 2. The summed E-state index contributed by atoms with van der Waals surface area (Å²) in [7, 11) is 3.43. The van der Waals surface area contributed by atoms with Gasteiger partial charge in [0.15, 0.2) is 10.1 Å². The highest BCUT2D eigenvalue weighted by molar-refractivity contribution is 7.14. The maximum Gasteiger partial charge on any atom is 0.308 e. The molecule has 22 heavy (non-hydrogen) atoms. The minimum absolute atomic E-state index is 0.0691. The van der Waals surface area contributed by atoms with Gasteiger partial charge in [-0.3, -0.25) is 9.59 Å². The van der Waals surface area contributed by atoms with Gasteiger partial charge < -0.3 is 9.64 Å². The largest absolute Gasteiger partial charge is 0.415 e. The predicted molar refractivity (Wildman–Crippen MR) is 87.9 cm³/mol. The fraction of sp³-hybridized carbons (Fsp3) is 0.400. The van der Waals surface area contributed by atoms with E-state index >= 15 is 0 Å². The molecule has 0 saturated carbocycles. The van der Waals surface area contributed by atoms with Crippen LogP contribution in [0.2, 0.25) is 0 Å². The third kappa shape index (κ3) is 4.14. The molecule has 7 heteroatoms. The molecule has 0 bridgehead atoms. The molecule has 0 aliphatic heterocycles. The van der Waals surface area contributed by atoms with Gasteiger partial charge in [0, 0.05) is 36.8 Å². The van der Waals surface area contributed by atoms with Crippen molar-refractivity contribution < 1.29 is 14.3 Å². The summed E-state index contributed by atoms with van der Waals surface area (Å²) in [6.45, 7) is 3.33.